The molecule has 3 aromatic rings. The minimum atomic E-state index is -0.971. The lowest BCUT2D eigenvalue weighted by molar-refractivity contribution is -0.129. The summed E-state index contributed by atoms with van der Waals surface area (Å²) in [6, 6.07) is 12.7. The highest BCUT2D eigenvalue weighted by Gasteiger charge is 2.19. The molecule has 0 aliphatic rings. The van der Waals surface area contributed by atoms with Crippen molar-refractivity contribution in [3.8, 4) is 0 Å². The monoisotopic (exact) mass is 382 g/mol. The average Bonchev–Trinajstić information content (AvgIpc) is 3.40. The highest BCUT2D eigenvalue weighted by Crippen LogP contribution is 2.13. The quantitative estimate of drug-likeness (QED) is 0.608. The van der Waals surface area contributed by atoms with Crippen molar-refractivity contribution < 1.29 is 28.0 Å². The van der Waals surface area contributed by atoms with E-state index in [-0.39, 0.29) is 17.9 Å². The number of carbonyl (C=O) groups excluding carboxylic acids is 3. The largest absolute Gasteiger partial charge is 0.467 e. The number of esters is 1. The van der Waals surface area contributed by atoms with Crippen molar-refractivity contribution in [3.63, 3.8) is 0 Å². The molecule has 0 bridgehead atoms. The Morgan fingerprint density at radius 2 is 1.71 bits per heavy atom. The van der Waals surface area contributed by atoms with E-state index in [4.69, 9.17) is 13.6 Å². The summed E-state index contributed by atoms with van der Waals surface area (Å²) >= 11 is 0. The second kappa shape index (κ2) is 8.72. The maximum absolute atomic E-state index is 12.2. The minimum absolute atomic E-state index is 0.179. The fourth-order valence-electron chi connectivity index (χ4n) is 2.30. The molecule has 28 heavy (non-hydrogen) atoms. The first kappa shape index (κ1) is 19.0. The van der Waals surface area contributed by atoms with Gasteiger partial charge in [-0.1, -0.05) is 0 Å². The van der Waals surface area contributed by atoms with E-state index < -0.39 is 23.9 Å². The van der Waals surface area contributed by atoms with Gasteiger partial charge in [0.05, 0.1) is 24.6 Å². The van der Waals surface area contributed by atoms with Crippen LogP contribution < -0.4 is 10.6 Å². The maximum Gasteiger partial charge on any atom is 0.338 e. The number of ether oxygens (including phenoxy) is 1. The molecule has 8 nitrogen and oxygen atoms in total. The third kappa shape index (κ3) is 4.88. The topological polar surface area (TPSA) is 111 Å². The van der Waals surface area contributed by atoms with Gasteiger partial charge in [-0.25, -0.2) is 4.79 Å². The number of nitrogens with one attached hydrogen (secondary N) is 2. The minimum Gasteiger partial charge on any atom is -0.467 e. The molecular weight excluding hydrogens is 364 g/mol. The first-order chi connectivity index (χ1) is 13.5. The Labute approximate surface area is 160 Å². The van der Waals surface area contributed by atoms with Crippen molar-refractivity contribution in [2.45, 2.75) is 19.6 Å². The van der Waals surface area contributed by atoms with Gasteiger partial charge in [0.2, 0.25) is 0 Å². The summed E-state index contributed by atoms with van der Waals surface area (Å²) in [7, 11) is 0. The van der Waals surface area contributed by atoms with E-state index in [9.17, 15) is 14.4 Å². The molecule has 8 heteroatoms. The Morgan fingerprint density at radius 3 is 2.36 bits per heavy atom. The van der Waals surface area contributed by atoms with E-state index in [2.05, 4.69) is 10.6 Å². The molecule has 2 N–H and O–H groups in total. The van der Waals surface area contributed by atoms with Crippen LogP contribution in [-0.4, -0.2) is 23.9 Å². The lowest BCUT2D eigenvalue weighted by Gasteiger charge is -2.13. The number of furan rings is 2. The molecule has 2 amide bonds. The standard InChI is InChI=1S/C20H18N2O6/c1-13(18(23)21-12-16-4-2-10-26-16)28-20(25)14-6-8-15(9-7-14)22-19(24)17-5-3-11-27-17/h2-11,13H,12H2,1H3,(H,21,23)(H,22,24). The third-order valence-corrected chi connectivity index (χ3v) is 3.79. The van der Waals surface area contributed by atoms with Gasteiger partial charge >= 0.3 is 5.97 Å². The van der Waals surface area contributed by atoms with Crippen molar-refractivity contribution in [1.82, 2.24) is 5.32 Å². The molecule has 0 radical (unpaired) electrons. The van der Waals surface area contributed by atoms with Gasteiger partial charge < -0.3 is 24.2 Å². The molecule has 0 fully saturated rings. The molecule has 1 aromatic carbocycles. The van der Waals surface area contributed by atoms with Crippen LogP contribution in [0.5, 0.6) is 0 Å². The van der Waals surface area contributed by atoms with Crippen LogP contribution in [0.25, 0.3) is 0 Å². The first-order valence-electron chi connectivity index (χ1n) is 8.49. The van der Waals surface area contributed by atoms with Crippen molar-refractivity contribution >= 4 is 23.5 Å². The molecule has 0 saturated heterocycles. The number of benzene rings is 1. The van der Waals surface area contributed by atoms with Crippen LogP contribution in [0.15, 0.2) is 69.9 Å². The number of rotatable bonds is 7. The fourth-order valence-corrected chi connectivity index (χ4v) is 2.30. The molecule has 0 aliphatic carbocycles. The zero-order valence-corrected chi connectivity index (χ0v) is 15.0. The van der Waals surface area contributed by atoms with Crippen LogP contribution in [-0.2, 0) is 16.1 Å². The van der Waals surface area contributed by atoms with Crippen molar-refractivity contribution in [1.29, 1.82) is 0 Å². The molecule has 3 rings (SSSR count). The van der Waals surface area contributed by atoms with E-state index in [1.54, 1.807) is 36.4 Å². The predicted octanol–water partition coefficient (Wildman–Crippen LogP) is 2.99. The van der Waals surface area contributed by atoms with Gasteiger partial charge in [0.25, 0.3) is 11.8 Å². The lowest BCUT2D eigenvalue weighted by Crippen LogP contribution is -2.35. The first-order valence-corrected chi connectivity index (χ1v) is 8.49. The zero-order chi connectivity index (χ0) is 19.9. The van der Waals surface area contributed by atoms with Gasteiger partial charge in [0.1, 0.15) is 5.76 Å². The number of hydrogen-bond donors (Lipinski definition) is 2. The molecule has 0 saturated carbocycles. The lowest BCUT2D eigenvalue weighted by atomic mass is 10.2. The summed E-state index contributed by atoms with van der Waals surface area (Å²) in [6.07, 6.45) is 1.94. The van der Waals surface area contributed by atoms with E-state index in [1.807, 2.05) is 0 Å². The molecule has 1 atom stereocenters. The highest BCUT2D eigenvalue weighted by molar-refractivity contribution is 6.02. The van der Waals surface area contributed by atoms with Crippen molar-refractivity contribution in [3.05, 3.63) is 78.1 Å². The molecule has 0 aliphatic heterocycles. The molecule has 2 aromatic heterocycles. The van der Waals surface area contributed by atoms with Gasteiger partial charge in [-0.15, -0.1) is 0 Å². The average molecular weight is 382 g/mol. The summed E-state index contributed by atoms with van der Waals surface area (Å²) in [6.45, 7) is 1.69. The Hall–Kier alpha value is -3.81. The molecule has 1 unspecified atom stereocenters. The second-order valence-electron chi connectivity index (χ2n) is 5.85. The van der Waals surface area contributed by atoms with E-state index >= 15 is 0 Å². The Bertz CT molecular complexity index is 930. The number of hydrogen-bond acceptors (Lipinski definition) is 6. The van der Waals surface area contributed by atoms with Gasteiger partial charge in [-0.05, 0) is 55.5 Å². The molecule has 0 spiro atoms. The maximum atomic E-state index is 12.2. The number of amides is 2. The predicted molar refractivity (Wildman–Crippen MR) is 98.5 cm³/mol. The number of carbonyl (C=O) groups is 3. The summed E-state index contributed by atoms with van der Waals surface area (Å²) in [5.41, 5.74) is 0.740. The highest BCUT2D eigenvalue weighted by atomic mass is 16.5. The molecule has 2 heterocycles. The van der Waals surface area contributed by atoms with Crippen LogP contribution in [0.1, 0.15) is 33.6 Å². The summed E-state index contributed by atoms with van der Waals surface area (Å²) in [5.74, 6) is -0.712. The van der Waals surface area contributed by atoms with Crippen molar-refractivity contribution in [2.24, 2.45) is 0 Å². The van der Waals surface area contributed by atoms with Crippen LogP contribution in [0.4, 0.5) is 5.69 Å². The zero-order valence-electron chi connectivity index (χ0n) is 15.0. The Morgan fingerprint density at radius 1 is 1.00 bits per heavy atom. The normalized spacial score (nSPS) is 11.5. The molecular formula is C20H18N2O6. The smallest absolute Gasteiger partial charge is 0.338 e. The van der Waals surface area contributed by atoms with Gasteiger partial charge in [-0.3, -0.25) is 9.59 Å². The SMILES string of the molecule is CC(OC(=O)c1ccc(NC(=O)c2ccco2)cc1)C(=O)NCc1ccco1. The summed E-state index contributed by atoms with van der Waals surface area (Å²) < 4.78 is 15.3. The van der Waals surface area contributed by atoms with E-state index in [0.717, 1.165) is 0 Å². The van der Waals surface area contributed by atoms with Crippen LogP contribution in [0.2, 0.25) is 0 Å². The second-order valence-corrected chi connectivity index (χ2v) is 5.85. The third-order valence-electron chi connectivity index (χ3n) is 3.79. The van der Waals surface area contributed by atoms with E-state index in [0.29, 0.717) is 11.4 Å². The van der Waals surface area contributed by atoms with Crippen LogP contribution in [0.3, 0.4) is 0 Å². The Balaban J connectivity index is 1.50. The van der Waals surface area contributed by atoms with E-state index in [1.165, 1.54) is 31.6 Å². The van der Waals surface area contributed by atoms with Crippen LogP contribution in [0, 0.1) is 0 Å². The molecule has 144 valence electrons. The number of anilines is 1. The van der Waals surface area contributed by atoms with Gasteiger partial charge in [0, 0.05) is 5.69 Å². The van der Waals surface area contributed by atoms with Gasteiger partial charge in [-0.2, -0.15) is 0 Å². The van der Waals surface area contributed by atoms with Gasteiger partial charge in [0.15, 0.2) is 11.9 Å². The summed E-state index contributed by atoms with van der Waals surface area (Å²) in [4.78, 5) is 36.1. The fraction of sp³-hybridized carbons (Fsp3) is 0.150. The summed E-state index contributed by atoms with van der Waals surface area (Å²) in [5, 5.41) is 5.26. The Kier molecular flexibility index (Phi) is 5.91. The van der Waals surface area contributed by atoms with Crippen molar-refractivity contribution in [2.75, 3.05) is 5.32 Å². The van der Waals surface area contributed by atoms with Crippen LogP contribution >= 0.6 is 0 Å².